The molecule has 0 bridgehead atoms. The summed E-state index contributed by atoms with van der Waals surface area (Å²) in [7, 11) is 1.40. The zero-order valence-electron chi connectivity index (χ0n) is 17.1. The van der Waals surface area contributed by atoms with E-state index in [0.717, 1.165) is 17.1 Å². The maximum absolute atomic E-state index is 12.4. The number of nitrogens with one attached hydrogen (secondary N) is 1. The molecule has 7 heteroatoms. The summed E-state index contributed by atoms with van der Waals surface area (Å²) < 4.78 is 7.04. The van der Waals surface area contributed by atoms with Gasteiger partial charge in [-0.15, -0.1) is 0 Å². The van der Waals surface area contributed by atoms with Crippen LogP contribution < -0.4 is 5.32 Å². The lowest BCUT2D eigenvalue weighted by atomic mass is 10.00. The molecule has 1 fully saturated rings. The molecule has 0 unspecified atom stereocenters. The van der Waals surface area contributed by atoms with Crippen LogP contribution >= 0.6 is 12.2 Å². The molecule has 1 aliphatic heterocycles. The third kappa shape index (κ3) is 3.45. The summed E-state index contributed by atoms with van der Waals surface area (Å²) in [6, 6.07) is 17.4. The van der Waals surface area contributed by atoms with Crippen molar-refractivity contribution < 1.29 is 9.53 Å². The van der Waals surface area contributed by atoms with Crippen molar-refractivity contribution in [3.63, 3.8) is 0 Å². The molecule has 0 saturated carbocycles. The SMILES string of the molecule is COC(=O)c1ccccc1-n1cccc1[C@H]1[C@@H](c2ccccn2)NC(=S)N1C(C)C. The molecule has 4 rings (SSSR count). The molecule has 0 spiro atoms. The molecule has 154 valence electrons. The number of pyridine rings is 1. The molecule has 1 aromatic carbocycles. The standard InChI is InChI=1S/C23H24N4O2S/c1-15(2)27-21(20(25-23(27)30)17-10-6-7-13-24-17)19-12-8-14-26(19)18-11-5-4-9-16(18)22(28)29-3/h4-15,20-21H,1-3H3,(H,25,30)/t20-,21+/m1/s1. The lowest BCUT2D eigenvalue weighted by Gasteiger charge is -2.32. The number of thiocarbonyl (C=S) groups is 1. The normalized spacial score (nSPS) is 18.5. The van der Waals surface area contributed by atoms with Crippen molar-refractivity contribution in [2.45, 2.75) is 32.0 Å². The van der Waals surface area contributed by atoms with Crippen LogP contribution in [0.5, 0.6) is 0 Å². The van der Waals surface area contributed by atoms with Gasteiger partial charge in [0.2, 0.25) is 0 Å². The Labute approximate surface area is 181 Å². The number of para-hydroxylation sites is 1. The van der Waals surface area contributed by atoms with Crippen LogP contribution in [0.4, 0.5) is 0 Å². The first-order valence-corrected chi connectivity index (χ1v) is 10.3. The predicted molar refractivity (Wildman–Crippen MR) is 120 cm³/mol. The highest BCUT2D eigenvalue weighted by atomic mass is 32.1. The molecule has 1 saturated heterocycles. The van der Waals surface area contributed by atoms with E-state index in [1.54, 1.807) is 12.3 Å². The Hall–Kier alpha value is -3.19. The Bertz CT molecular complexity index is 1060. The van der Waals surface area contributed by atoms with E-state index in [0.29, 0.717) is 10.7 Å². The number of nitrogens with zero attached hydrogens (tertiary/aromatic N) is 3. The number of benzene rings is 1. The maximum atomic E-state index is 12.4. The Morgan fingerprint density at radius 3 is 2.60 bits per heavy atom. The van der Waals surface area contributed by atoms with Crippen LogP contribution in [0.3, 0.4) is 0 Å². The second kappa shape index (κ2) is 8.28. The van der Waals surface area contributed by atoms with Crippen LogP contribution in [-0.4, -0.2) is 38.7 Å². The zero-order chi connectivity index (χ0) is 21.3. The predicted octanol–water partition coefficient (Wildman–Crippen LogP) is 4.04. The third-order valence-corrected chi connectivity index (χ3v) is 5.67. The van der Waals surface area contributed by atoms with Gasteiger partial charge in [0.25, 0.3) is 0 Å². The van der Waals surface area contributed by atoms with Gasteiger partial charge in [-0.05, 0) is 62.5 Å². The maximum Gasteiger partial charge on any atom is 0.339 e. The molecule has 3 heterocycles. The van der Waals surface area contributed by atoms with E-state index in [4.69, 9.17) is 17.0 Å². The Kier molecular flexibility index (Phi) is 5.55. The van der Waals surface area contributed by atoms with Gasteiger partial charge in [-0.2, -0.15) is 0 Å². The first-order valence-electron chi connectivity index (χ1n) is 9.87. The number of carbonyl (C=O) groups excluding carboxylic acids is 1. The number of esters is 1. The summed E-state index contributed by atoms with van der Waals surface area (Å²) in [5.41, 5.74) is 3.21. The molecule has 0 radical (unpaired) electrons. The third-order valence-electron chi connectivity index (χ3n) is 5.34. The quantitative estimate of drug-likeness (QED) is 0.497. The summed E-state index contributed by atoms with van der Waals surface area (Å²) in [4.78, 5) is 19.2. The molecule has 1 N–H and O–H groups in total. The number of methoxy groups -OCH3 is 1. The van der Waals surface area contributed by atoms with Gasteiger partial charge in [-0.1, -0.05) is 18.2 Å². The second-order valence-corrected chi connectivity index (χ2v) is 7.83. The summed E-state index contributed by atoms with van der Waals surface area (Å²) >= 11 is 5.69. The number of aromatic nitrogens is 2. The largest absolute Gasteiger partial charge is 0.465 e. The highest BCUT2D eigenvalue weighted by Crippen LogP contribution is 2.40. The summed E-state index contributed by atoms with van der Waals surface area (Å²) in [5, 5.41) is 4.15. The van der Waals surface area contributed by atoms with Gasteiger partial charge in [-0.3, -0.25) is 4.98 Å². The summed E-state index contributed by atoms with van der Waals surface area (Å²) in [5.74, 6) is -0.368. The van der Waals surface area contributed by atoms with E-state index in [1.165, 1.54) is 7.11 Å². The van der Waals surface area contributed by atoms with Gasteiger partial charge >= 0.3 is 5.97 Å². The fourth-order valence-electron chi connectivity index (χ4n) is 4.06. The minimum absolute atomic E-state index is 0.0897. The van der Waals surface area contributed by atoms with Crippen LogP contribution in [0.25, 0.3) is 5.69 Å². The summed E-state index contributed by atoms with van der Waals surface area (Å²) in [6.07, 6.45) is 3.76. The Morgan fingerprint density at radius 2 is 1.90 bits per heavy atom. The van der Waals surface area contributed by atoms with E-state index in [-0.39, 0.29) is 24.1 Å². The van der Waals surface area contributed by atoms with Gasteiger partial charge in [0.15, 0.2) is 5.11 Å². The Balaban J connectivity index is 1.86. The van der Waals surface area contributed by atoms with Gasteiger partial charge in [-0.25, -0.2) is 4.79 Å². The molecule has 2 aromatic heterocycles. The van der Waals surface area contributed by atoms with Crippen molar-refractivity contribution in [2.24, 2.45) is 0 Å². The number of hydrogen-bond donors (Lipinski definition) is 1. The van der Waals surface area contributed by atoms with Crippen LogP contribution in [-0.2, 0) is 4.74 Å². The molecule has 0 aliphatic carbocycles. The minimum Gasteiger partial charge on any atom is -0.465 e. The van der Waals surface area contributed by atoms with Crippen LogP contribution in [0.2, 0.25) is 0 Å². The molecule has 0 amide bonds. The van der Waals surface area contributed by atoms with E-state index in [9.17, 15) is 4.79 Å². The Morgan fingerprint density at radius 1 is 1.13 bits per heavy atom. The zero-order valence-corrected chi connectivity index (χ0v) is 18.0. The first kappa shape index (κ1) is 20.1. The molecule has 2 atom stereocenters. The number of carbonyl (C=O) groups is 1. The van der Waals surface area contributed by atoms with E-state index >= 15 is 0 Å². The van der Waals surface area contributed by atoms with Gasteiger partial charge < -0.3 is 19.5 Å². The average Bonchev–Trinajstić information content (AvgIpc) is 3.37. The first-order chi connectivity index (χ1) is 14.5. The van der Waals surface area contributed by atoms with Crippen LogP contribution in [0.1, 0.15) is 47.7 Å². The topological polar surface area (TPSA) is 59.4 Å². The highest BCUT2D eigenvalue weighted by Gasteiger charge is 2.42. The van der Waals surface area contributed by atoms with Crippen molar-refractivity contribution >= 4 is 23.3 Å². The smallest absolute Gasteiger partial charge is 0.339 e. The highest BCUT2D eigenvalue weighted by molar-refractivity contribution is 7.80. The van der Waals surface area contributed by atoms with Crippen LogP contribution in [0.15, 0.2) is 67.0 Å². The summed E-state index contributed by atoms with van der Waals surface area (Å²) in [6.45, 7) is 4.24. The fraction of sp³-hybridized carbons (Fsp3) is 0.261. The van der Waals surface area contributed by atoms with E-state index < -0.39 is 0 Å². The number of ether oxygens (including phenoxy) is 1. The lowest BCUT2D eigenvalue weighted by Crippen LogP contribution is -2.36. The minimum atomic E-state index is -0.368. The lowest BCUT2D eigenvalue weighted by molar-refractivity contribution is 0.0600. The van der Waals surface area contributed by atoms with Gasteiger partial charge in [0, 0.05) is 24.1 Å². The average molecular weight is 421 g/mol. The second-order valence-electron chi connectivity index (χ2n) is 7.44. The number of hydrogen-bond acceptors (Lipinski definition) is 4. The fourth-order valence-corrected chi connectivity index (χ4v) is 4.51. The van der Waals surface area contributed by atoms with Crippen molar-refractivity contribution in [1.82, 2.24) is 19.8 Å². The van der Waals surface area contributed by atoms with Crippen molar-refractivity contribution in [2.75, 3.05) is 7.11 Å². The molecular formula is C23H24N4O2S. The molecule has 6 nitrogen and oxygen atoms in total. The monoisotopic (exact) mass is 420 g/mol. The molecule has 30 heavy (non-hydrogen) atoms. The van der Waals surface area contributed by atoms with E-state index in [1.807, 2.05) is 53.2 Å². The molecule has 1 aliphatic rings. The molecular weight excluding hydrogens is 396 g/mol. The van der Waals surface area contributed by atoms with Crippen molar-refractivity contribution in [3.05, 3.63) is 83.9 Å². The van der Waals surface area contributed by atoms with Crippen molar-refractivity contribution in [1.29, 1.82) is 0 Å². The van der Waals surface area contributed by atoms with Gasteiger partial charge in [0.1, 0.15) is 0 Å². The number of rotatable bonds is 5. The van der Waals surface area contributed by atoms with Crippen LogP contribution in [0, 0.1) is 0 Å². The van der Waals surface area contributed by atoms with Crippen molar-refractivity contribution in [3.8, 4) is 5.69 Å². The molecule has 3 aromatic rings. The van der Waals surface area contributed by atoms with Gasteiger partial charge in [0.05, 0.1) is 36.1 Å². The van der Waals surface area contributed by atoms with E-state index in [2.05, 4.69) is 35.1 Å².